The van der Waals surface area contributed by atoms with E-state index in [0.29, 0.717) is 24.0 Å². The molecule has 1 aliphatic carbocycles. The Balaban J connectivity index is 1.51. The van der Waals surface area contributed by atoms with Crippen LogP contribution >= 0.6 is 11.6 Å². The minimum atomic E-state index is -0.520. The summed E-state index contributed by atoms with van der Waals surface area (Å²) >= 11 is 6.46. The van der Waals surface area contributed by atoms with Crippen molar-refractivity contribution < 1.29 is 9.59 Å². The van der Waals surface area contributed by atoms with E-state index in [4.69, 9.17) is 11.6 Å². The maximum Gasteiger partial charge on any atom is 0.246 e. The minimum absolute atomic E-state index is 0.0796. The number of hydrogen-bond donors (Lipinski definition) is 1. The highest BCUT2D eigenvalue weighted by atomic mass is 35.5. The van der Waals surface area contributed by atoms with Crippen molar-refractivity contribution in [2.45, 2.75) is 44.6 Å². The Hall–Kier alpha value is -2.79. The molecule has 5 nitrogen and oxygen atoms in total. The van der Waals surface area contributed by atoms with Crippen molar-refractivity contribution in [3.63, 3.8) is 0 Å². The van der Waals surface area contributed by atoms with Gasteiger partial charge in [0.25, 0.3) is 0 Å². The van der Waals surface area contributed by atoms with Gasteiger partial charge in [-0.1, -0.05) is 36.4 Å². The van der Waals surface area contributed by atoms with Gasteiger partial charge in [-0.3, -0.25) is 9.59 Å². The van der Waals surface area contributed by atoms with Crippen molar-refractivity contribution in [2.75, 3.05) is 29.9 Å². The van der Waals surface area contributed by atoms with Crippen LogP contribution in [0.15, 0.2) is 49.1 Å². The van der Waals surface area contributed by atoms with Crippen molar-refractivity contribution in [2.24, 2.45) is 5.92 Å². The van der Waals surface area contributed by atoms with Crippen LogP contribution in [0.4, 0.5) is 11.4 Å². The smallest absolute Gasteiger partial charge is 0.246 e. The number of halogens is 1. The zero-order valence-corrected chi connectivity index (χ0v) is 20.2. The first-order valence-corrected chi connectivity index (χ1v) is 12.0. The first-order chi connectivity index (χ1) is 15.7. The van der Waals surface area contributed by atoms with Crippen LogP contribution in [0, 0.1) is 12.8 Å². The molecule has 2 aromatic rings. The summed E-state index contributed by atoms with van der Waals surface area (Å²) in [6, 6.07) is 12.1. The van der Waals surface area contributed by atoms with E-state index in [1.807, 2.05) is 43.9 Å². The number of fused-ring (bicyclic) bond motifs is 1. The molecule has 0 bridgehead atoms. The van der Waals surface area contributed by atoms with E-state index in [0.717, 1.165) is 34.6 Å². The molecule has 0 atom stereocenters. The minimum Gasteiger partial charge on any atom is -0.372 e. The Morgan fingerprint density at radius 2 is 1.94 bits per heavy atom. The summed E-state index contributed by atoms with van der Waals surface area (Å²) in [5.41, 5.74) is 4.11. The van der Waals surface area contributed by atoms with Crippen LogP contribution in [0.25, 0.3) is 0 Å². The number of rotatable bonds is 6. The fourth-order valence-corrected chi connectivity index (χ4v) is 5.45. The van der Waals surface area contributed by atoms with Crippen LogP contribution < -0.4 is 10.2 Å². The molecular formula is C27H30ClN3O2. The molecule has 2 fully saturated rings. The third kappa shape index (κ3) is 3.54. The Morgan fingerprint density at radius 1 is 1.21 bits per heavy atom. The van der Waals surface area contributed by atoms with Crippen molar-refractivity contribution in [1.29, 1.82) is 0 Å². The van der Waals surface area contributed by atoms with E-state index in [1.165, 1.54) is 18.9 Å². The normalized spacial score (nSPS) is 20.3. The standard InChI is InChI=1S/C27H30ClN3O2/c1-5-24(32)30-15-27(16-30,20-7-6-8-22(28)17(20)2)29-19-11-12-21-23(13-19)31(14-18-9-10-18)25(33)26(21,3)4/h5-8,11-13,18,29H,1,9-10,14-16H2,2-4H3. The molecule has 2 amide bonds. The van der Waals surface area contributed by atoms with Gasteiger partial charge in [-0.15, -0.1) is 0 Å². The van der Waals surface area contributed by atoms with Gasteiger partial charge in [-0.25, -0.2) is 0 Å². The van der Waals surface area contributed by atoms with Gasteiger partial charge < -0.3 is 15.1 Å². The predicted molar refractivity (Wildman–Crippen MR) is 133 cm³/mol. The molecule has 5 rings (SSSR count). The van der Waals surface area contributed by atoms with Crippen LogP contribution in [0.3, 0.4) is 0 Å². The molecule has 6 heteroatoms. The second kappa shape index (κ2) is 7.63. The van der Waals surface area contributed by atoms with Gasteiger partial charge in [0, 0.05) is 22.9 Å². The number of amides is 2. The largest absolute Gasteiger partial charge is 0.372 e. The third-order valence-electron chi connectivity index (χ3n) is 7.45. The van der Waals surface area contributed by atoms with Crippen molar-refractivity contribution in [1.82, 2.24) is 4.90 Å². The van der Waals surface area contributed by atoms with Crippen LogP contribution in [0.2, 0.25) is 5.02 Å². The number of benzene rings is 2. The first kappa shape index (κ1) is 22.0. The van der Waals surface area contributed by atoms with Gasteiger partial charge in [0.15, 0.2) is 0 Å². The number of hydrogen-bond acceptors (Lipinski definition) is 3. The Labute approximate surface area is 200 Å². The van der Waals surface area contributed by atoms with Gasteiger partial charge in [0.2, 0.25) is 11.8 Å². The predicted octanol–water partition coefficient (Wildman–Crippen LogP) is 5.02. The zero-order chi connectivity index (χ0) is 23.5. The number of anilines is 2. The lowest BCUT2D eigenvalue weighted by atomic mass is 9.79. The maximum atomic E-state index is 13.2. The highest BCUT2D eigenvalue weighted by Crippen LogP contribution is 2.46. The molecule has 1 saturated carbocycles. The van der Waals surface area contributed by atoms with Gasteiger partial charge in [-0.2, -0.15) is 0 Å². The van der Waals surface area contributed by atoms with Gasteiger partial charge in [-0.05, 0) is 80.5 Å². The maximum absolute atomic E-state index is 13.2. The quantitative estimate of drug-likeness (QED) is 0.612. The number of nitrogens with one attached hydrogen (secondary N) is 1. The molecular weight excluding hydrogens is 434 g/mol. The van der Waals surface area contributed by atoms with Crippen LogP contribution in [-0.4, -0.2) is 36.3 Å². The molecule has 1 N–H and O–H groups in total. The number of nitrogens with zero attached hydrogens (tertiary/aromatic N) is 2. The Kier molecular flexibility index (Phi) is 5.09. The molecule has 0 unspecified atom stereocenters. The third-order valence-corrected chi connectivity index (χ3v) is 7.86. The fraction of sp³-hybridized carbons (Fsp3) is 0.407. The summed E-state index contributed by atoms with van der Waals surface area (Å²) in [6.07, 6.45) is 3.75. The second-order valence-electron chi connectivity index (χ2n) is 10.2. The summed E-state index contributed by atoms with van der Waals surface area (Å²) < 4.78 is 0. The molecule has 2 heterocycles. The average Bonchev–Trinajstić information content (AvgIpc) is 3.56. The second-order valence-corrected chi connectivity index (χ2v) is 10.6. The SMILES string of the molecule is C=CC(=O)N1CC(Nc2ccc3c(c2)N(CC2CC2)C(=O)C3(C)C)(c2cccc(Cl)c2C)C1. The van der Waals surface area contributed by atoms with E-state index < -0.39 is 11.0 Å². The lowest BCUT2D eigenvalue weighted by Gasteiger charge is -2.51. The average molecular weight is 464 g/mol. The molecule has 2 aliphatic heterocycles. The molecule has 1 saturated heterocycles. The summed E-state index contributed by atoms with van der Waals surface area (Å²) in [5.74, 6) is 0.704. The van der Waals surface area contributed by atoms with E-state index >= 15 is 0 Å². The van der Waals surface area contributed by atoms with E-state index in [-0.39, 0.29) is 11.8 Å². The number of likely N-dealkylation sites (tertiary alicyclic amines) is 1. The molecule has 2 aromatic carbocycles. The van der Waals surface area contributed by atoms with Crippen molar-refractivity contribution in [3.8, 4) is 0 Å². The molecule has 33 heavy (non-hydrogen) atoms. The summed E-state index contributed by atoms with van der Waals surface area (Å²) in [7, 11) is 0. The van der Waals surface area contributed by atoms with Crippen molar-refractivity contribution in [3.05, 3.63) is 70.8 Å². The summed E-state index contributed by atoms with van der Waals surface area (Å²) in [5, 5.41) is 4.43. The molecule has 0 radical (unpaired) electrons. The Morgan fingerprint density at radius 3 is 2.61 bits per heavy atom. The van der Waals surface area contributed by atoms with Gasteiger partial charge >= 0.3 is 0 Å². The van der Waals surface area contributed by atoms with E-state index in [9.17, 15) is 9.59 Å². The van der Waals surface area contributed by atoms with E-state index in [2.05, 4.69) is 30.1 Å². The first-order valence-electron chi connectivity index (χ1n) is 11.6. The molecule has 0 spiro atoms. The molecule has 0 aromatic heterocycles. The zero-order valence-electron chi connectivity index (χ0n) is 19.5. The van der Waals surface area contributed by atoms with Crippen molar-refractivity contribution >= 4 is 34.8 Å². The Bertz CT molecular complexity index is 1160. The van der Waals surface area contributed by atoms with Gasteiger partial charge in [0.1, 0.15) is 0 Å². The summed E-state index contributed by atoms with van der Waals surface area (Å²) in [4.78, 5) is 29.2. The number of carbonyl (C=O) groups excluding carboxylic acids is 2. The number of carbonyl (C=O) groups is 2. The highest BCUT2D eigenvalue weighted by Gasteiger charge is 2.48. The van der Waals surface area contributed by atoms with Crippen LogP contribution in [0.1, 0.15) is 43.4 Å². The molecule has 172 valence electrons. The monoisotopic (exact) mass is 463 g/mol. The van der Waals surface area contributed by atoms with Gasteiger partial charge in [0.05, 0.1) is 24.0 Å². The highest BCUT2D eigenvalue weighted by molar-refractivity contribution is 6.31. The van der Waals surface area contributed by atoms with E-state index in [1.54, 1.807) is 4.90 Å². The molecule has 3 aliphatic rings. The lowest BCUT2D eigenvalue weighted by molar-refractivity contribution is -0.132. The summed E-state index contributed by atoms with van der Waals surface area (Å²) in [6.45, 7) is 11.5. The topological polar surface area (TPSA) is 52.7 Å². The fourth-order valence-electron chi connectivity index (χ4n) is 5.27. The lowest BCUT2D eigenvalue weighted by Crippen LogP contribution is -2.65. The van der Waals surface area contributed by atoms with Crippen LogP contribution in [-0.2, 0) is 20.5 Å². The van der Waals surface area contributed by atoms with Crippen LogP contribution in [0.5, 0.6) is 0 Å².